The molecule has 18 heavy (non-hydrogen) atoms. The number of likely N-dealkylation sites (tertiary alicyclic amines) is 1. The molecule has 0 saturated carbocycles. The third kappa shape index (κ3) is 3.62. The first kappa shape index (κ1) is 14.2. The highest BCUT2D eigenvalue weighted by molar-refractivity contribution is 9.10. The zero-order chi connectivity index (χ0) is 13.1. The number of anilines is 1. The molecule has 4 heteroatoms. The van der Waals surface area contributed by atoms with Crippen molar-refractivity contribution in [1.82, 2.24) is 4.90 Å². The number of hydrogen-bond donors (Lipinski definition) is 1. The van der Waals surface area contributed by atoms with E-state index in [1.165, 1.54) is 25.9 Å². The minimum atomic E-state index is 0.461. The lowest BCUT2D eigenvalue weighted by Gasteiger charge is -2.34. The summed E-state index contributed by atoms with van der Waals surface area (Å²) in [5.74, 6) is 0.703. The van der Waals surface area contributed by atoms with Gasteiger partial charge >= 0.3 is 0 Å². The quantitative estimate of drug-likeness (QED) is 0.891. The van der Waals surface area contributed by atoms with Crippen LogP contribution in [0.2, 0.25) is 5.02 Å². The van der Waals surface area contributed by atoms with Gasteiger partial charge in [-0.25, -0.2) is 0 Å². The van der Waals surface area contributed by atoms with Crippen molar-refractivity contribution in [1.29, 1.82) is 0 Å². The Hall–Kier alpha value is -0.250. The van der Waals surface area contributed by atoms with Crippen LogP contribution < -0.4 is 5.32 Å². The lowest BCUT2D eigenvalue weighted by atomic mass is 9.92. The van der Waals surface area contributed by atoms with E-state index >= 15 is 0 Å². The summed E-state index contributed by atoms with van der Waals surface area (Å²) >= 11 is 9.60. The van der Waals surface area contributed by atoms with Crippen molar-refractivity contribution < 1.29 is 0 Å². The van der Waals surface area contributed by atoms with Crippen LogP contribution in [0, 0.1) is 5.92 Å². The molecule has 2 atom stereocenters. The second kappa shape index (κ2) is 6.27. The molecule has 1 fully saturated rings. The normalized spacial score (nSPS) is 22.8. The molecule has 0 aromatic heterocycles. The Labute approximate surface area is 123 Å². The SMILES string of the molecule is CC(Nc1cc(Cl)ccc1Br)C1CCCN(C)C1. The number of nitrogens with one attached hydrogen (secondary N) is 1. The lowest BCUT2D eigenvalue weighted by molar-refractivity contribution is 0.197. The van der Waals surface area contributed by atoms with Crippen LogP contribution in [-0.2, 0) is 0 Å². The maximum Gasteiger partial charge on any atom is 0.0501 e. The summed E-state index contributed by atoms with van der Waals surface area (Å²) in [5.41, 5.74) is 1.09. The second-order valence-electron chi connectivity index (χ2n) is 5.22. The Bertz CT molecular complexity index is 411. The van der Waals surface area contributed by atoms with Gasteiger partial charge in [0, 0.05) is 22.1 Å². The molecule has 1 heterocycles. The topological polar surface area (TPSA) is 15.3 Å². The minimum absolute atomic E-state index is 0.461. The zero-order valence-electron chi connectivity index (χ0n) is 10.9. The van der Waals surface area contributed by atoms with Gasteiger partial charge in [-0.15, -0.1) is 0 Å². The van der Waals surface area contributed by atoms with E-state index in [-0.39, 0.29) is 0 Å². The van der Waals surface area contributed by atoms with E-state index in [0.29, 0.717) is 12.0 Å². The van der Waals surface area contributed by atoms with Crippen LogP contribution in [0.25, 0.3) is 0 Å². The van der Waals surface area contributed by atoms with Crippen LogP contribution in [0.3, 0.4) is 0 Å². The Morgan fingerprint density at radius 3 is 3.00 bits per heavy atom. The zero-order valence-corrected chi connectivity index (χ0v) is 13.3. The average molecular weight is 332 g/mol. The molecule has 1 saturated heterocycles. The highest BCUT2D eigenvalue weighted by Gasteiger charge is 2.23. The summed E-state index contributed by atoms with van der Waals surface area (Å²) in [4.78, 5) is 2.42. The molecule has 1 N–H and O–H groups in total. The highest BCUT2D eigenvalue weighted by atomic mass is 79.9. The summed E-state index contributed by atoms with van der Waals surface area (Å²) in [5, 5.41) is 4.36. The van der Waals surface area contributed by atoms with Crippen LogP contribution in [-0.4, -0.2) is 31.1 Å². The molecule has 0 radical (unpaired) electrons. The van der Waals surface area contributed by atoms with E-state index in [0.717, 1.165) is 15.2 Å². The van der Waals surface area contributed by atoms with Crippen LogP contribution in [0.4, 0.5) is 5.69 Å². The largest absolute Gasteiger partial charge is 0.381 e. The molecule has 0 bridgehead atoms. The molecular formula is C14H20BrClN2. The first-order valence-corrected chi connectivity index (χ1v) is 7.63. The molecule has 2 nitrogen and oxygen atoms in total. The van der Waals surface area contributed by atoms with E-state index in [4.69, 9.17) is 11.6 Å². The Morgan fingerprint density at radius 1 is 1.50 bits per heavy atom. The van der Waals surface area contributed by atoms with Gasteiger partial charge in [0.05, 0.1) is 5.69 Å². The van der Waals surface area contributed by atoms with E-state index < -0.39 is 0 Å². The second-order valence-corrected chi connectivity index (χ2v) is 6.51. The first-order valence-electron chi connectivity index (χ1n) is 6.46. The van der Waals surface area contributed by atoms with Crippen molar-refractivity contribution in [2.24, 2.45) is 5.92 Å². The van der Waals surface area contributed by atoms with Gasteiger partial charge in [0.2, 0.25) is 0 Å². The van der Waals surface area contributed by atoms with Crippen molar-refractivity contribution >= 4 is 33.2 Å². The molecule has 2 rings (SSSR count). The molecule has 100 valence electrons. The number of benzene rings is 1. The molecule has 0 spiro atoms. The smallest absolute Gasteiger partial charge is 0.0501 e. The van der Waals surface area contributed by atoms with Gasteiger partial charge in [0.1, 0.15) is 0 Å². The fourth-order valence-electron chi connectivity index (χ4n) is 2.59. The fourth-order valence-corrected chi connectivity index (χ4v) is 3.12. The number of halogens is 2. The van der Waals surface area contributed by atoms with E-state index in [9.17, 15) is 0 Å². The third-order valence-corrected chi connectivity index (χ3v) is 4.61. The summed E-state index contributed by atoms with van der Waals surface area (Å²) in [6.07, 6.45) is 2.60. The molecule has 0 amide bonds. The van der Waals surface area contributed by atoms with Gasteiger partial charge in [-0.2, -0.15) is 0 Å². The van der Waals surface area contributed by atoms with E-state index in [1.54, 1.807) is 0 Å². The number of rotatable bonds is 3. The van der Waals surface area contributed by atoms with Gasteiger partial charge in [0.15, 0.2) is 0 Å². The predicted molar refractivity (Wildman–Crippen MR) is 82.5 cm³/mol. The van der Waals surface area contributed by atoms with E-state index in [1.807, 2.05) is 18.2 Å². The van der Waals surface area contributed by atoms with Crippen LogP contribution >= 0.6 is 27.5 Å². The summed E-state index contributed by atoms with van der Waals surface area (Å²) in [7, 11) is 2.20. The monoisotopic (exact) mass is 330 g/mol. The highest BCUT2D eigenvalue weighted by Crippen LogP contribution is 2.28. The Morgan fingerprint density at radius 2 is 2.28 bits per heavy atom. The molecular weight excluding hydrogens is 312 g/mol. The molecule has 2 unspecified atom stereocenters. The van der Waals surface area contributed by atoms with Crippen molar-refractivity contribution in [3.63, 3.8) is 0 Å². The van der Waals surface area contributed by atoms with Crippen LogP contribution in [0.15, 0.2) is 22.7 Å². The van der Waals surface area contributed by atoms with Crippen molar-refractivity contribution in [3.05, 3.63) is 27.7 Å². The number of nitrogens with zero attached hydrogens (tertiary/aromatic N) is 1. The molecule has 1 aromatic carbocycles. The third-order valence-electron chi connectivity index (χ3n) is 3.68. The summed E-state index contributed by atoms with van der Waals surface area (Å²) in [6, 6.07) is 6.33. The maximum absolute atomic E-state index is 6.04. The summed E-state index contributed by atoms with van der Waals surface area (Å²) in [6.45, 7) is 4.66. The fraction of sp³-hybridized carbons (Fsp3) is 0.571. The van der Waals surface area contributed by atoms with Crippen molar-refractivity contribution in [3.8, 4) is 0 Å². The maximum atomic E-state index is 6.04. The standard InChI is InChI=1S/C14H20BrClN2/c1-10(11-4-3-7-18(2)9-11)17-14-8-12(16)5-6-13(14)15/h5-6,8,10-11,17H,3-4,7,9H2,1-2H3. The van der Waals surface area contributed by atoms with Crippen molar-refractivity contribution in [2.75, 3.05) is 25.5 Å². The van der Waals surface area contributed by atoms with Crippen LogP contribution in [0.5, 0.6) is 0 Å². The van der Waals surface area contributed by atoms with Crippen molar-refractivity contribution in [2.45, 2.75) is 25.8 Å². The molecule has 0 aliphatic carbocycles. The van der Waals surface area contributed by atoms with Gasteiger partial charge < -0.3 is 10.2 Å². The molecule has 1 aliphatic rings. The minimum Gasteiger partial charge on any atom is -0.381 e. The molecule has 1 aliphatic heterocycles. The predicted octanol–water partition coefficient (Wildman–Crippen LogP) is 4.24. The number of piperidine rings is 1. The average Bonchev–Trinajstić information content (AvgIpc) is 2.34. The van der Waals surface area contributed by atoms with Gasteiger partial charge in [-0.05, 0) is 73.4 Å². The van der Waals surface area contributed by atoms with Gasteiger partial charge in [-0.1, -0.05) is 11.6 Å². The van der Waals surface area contributed by atoms with Crippen LogP contribution in [0.1, 0.15) is 19.8 Å². The lowest BCUT2D eigenvalue weighted by Crippen LogP contribution is -2.39. The van der Waals surface area contributed by atoms with Gasteiger partial charge in [0.25, 0.3) is 0 Å². The first-order chi connectivity index (χ1) is 8.56. The van der Waals surface area contributed by atoms with Gasteiger partial charge in [-0.3, -0.25) is 0 Å². The number of hydrogen-bond acceptors (Lipinski definition) is 2. The Balaban J connectivity index is 2.01. The summed E-state index contributed by atoms with van der Waals surface area (Å²) < 4.78 is 1.07. The van der Waals surface area contributed by atoms with E-state index in [2.05, 4.69) is 40.1 Å². The Kier molecular flexibility index (Phi) is 4.93. The molecule has 1 aromatic rings.